The lowest BCUT2D eigenvalue weighted by Gasteiger charge is -2.10. The molecule has 1 heteroatoms. The van der Waals surface area contributed by atoms with Crippen LogP contribution in [0.5, 0.6) is 0 Å². The van der Waals surface area contributed by atoms with Gasteiger partial charge in [0, 0.05) is 0 Å². The molecule has 1 rings (SSSR count). The first-order valence-electron chi connectivity index (χ1n) is 5.42. The van der Waals surface area contributed by atoms with Gasteiger partial charge in [-0.1, -0.05) is 45.0 Å². The maximum Gasteiger partial charge on any atom is -0.00109 e. The van der Waals surface area contributed by atoms with E-state index >= 15 is 0 Å². The highest BCUT2D eigenvalue weighted by Gasteiger charge is 2.03. The summed E-state index contributed by atoms with van der Waals surface area (Å²) in [5.41, 5.74) is 8.39. The van der Waals surface area contributed by atoms with Crippen LogP contribution in [0.3, 0.4) is 0 Å². The third-order valence-electron chi connectivity index (χ3n) is 2.55. The molecule has 1 aromatic carbocycles. The van der Waals surface area contributed by atoms with E-state index < -0.39 is 0 Å². The average Bonchev–Trinajstić information content (AvgIpc) is 2.17. The second kappa shape index (κ2) is 5.16. The Morgan fingerprint density at radius 2 is 1.64 bits per heavy atom. The largest absolute Gasteiger partial charge is 0.330 e. The molecule has 0 aliphatic heterocycles. The summed E-state index contributed by atoms with van der Waals surface area (Å²) in [6.45, 7) is 7.38. The summed E-state index contributed by atoms with van der Waals surface area (Å²) < 4.78 is 0. The predicted octanol–water partition coefficient (Wildman–Crippen LogP) is 2.95. The molecule has 0 amide bonds. The van der Waals surface area contributed by atoms with Gasteiger partial charge in [-0.25, -0.2) is 0 Å². The molecule has 1 atom stereocenters. The fourth-order valence-electron chi connectivity index (χ4n) is 1.59. The second-order valence-electron chi connectivity index (χ2n) is 4.48. The molecule has 78 valence electrons. The molecule has 0 saturated heterocycles. The van der Waals surface area contributed by atoms with Crippen LogP contribution in [0.15, 0.2) is 24.3 Å². The van der Waals surface area contributed by atoms with Crippen LogP contribution in [0.2, 0.25) is 0 Å². The smallest absolute Gasteiger partial charge is 0.00109 e. The zero-order valence-corrected chi connectivity index (χ0v) is 9.46. The Morgan fingerprint density at radius 1 is 1.07 bits per heavy atom. The van der Waals surface area contributed by atoms with Crippen LogP contribution in [0.1, 0.15) is 37.8 Å². The van der Waals surface area contributed by atoms with Crippen LogP contribution in [0.4, 0.5) is 0 Å². The van der Waals surface area contributed by atoms with Gasteiger partial charge in [0.05, 0.1) is 0 Å². The van der Waals surface area contributed by atoms with Crippen LogP contribution < -0.4 is 5.73 Å². The second-order valence-corrected chi connectivity index (χ2v) is 4.48. The summed E-state index contributed by atoms with van der Waals surface area (Å²) in [5, 5.41) is 0. The van der Waals surface area contributed by atoms with Crippen molar-refractivity contribution in [1.82, 2.24) is 0 Å². The van der Waals surface area contributed by atoms with Gasteiger partial charge in [-0.2, -0.15) is 0 Å². The molecular formula is C13H21N. The highest BCUT2D eigenvalue weighted by atomic mass is 14.5. The molecule has 0 heterocycles. The zero-order chi connectivity index (χ0) is 10.6. The molecule has 0 saturated carbocycles. The van der Waals surface area contributed by atoms with Crippen molar-refractivity contribution in [1.29, 1.82) is 0 Å². The van der Waals surface area contributed by atoms with Crippen LogP contribution in [0, 0.1) is 5.92 Å². The van der Waals surface area contributed by atoms with E-state index in [0.717, 1.165) is 18.9 Å². The van der Waals surface area contributed by atoms with Crippen molar-refractivity contribution in [2.75, 3.05) is 6.54 Å². The van der Waals surface area contributed by atoms with E-state index in [9.17, 15) is 0 Å². The molecule has 0 aliphatic rings. The molecule has 0 fully saturated rings. The Morgan fingerprint density at radius 3 is 2.07 bits per heavy atom. The Balaban J connectivity index is 2.68. The minimum Gasteiger partial charge on any atom is -0.330 e. The maximum atomic E-state index is 5.62. The van der Waals surface area contributed by atoms with Crippen LogP contribution in [-0.4, -0.2) is 6.54 Å². The van der Waals surface area contributed by atoms with Gasteiger partial charge in [-0.3, -0.25) is 0 Å². The van der Waals surface area contributed by atoms with Crippen LogP contribution in [-0.2, 0) is 6.42 Å². The fourth-order valence-corrected chi connectivity index (χ4v) is 1.59. The van der Waals surface area contributed by atoms with Gasteiger partial charge >= 0.3 is 0 Å². The van der Waals surface area contributed by atoms with E-state index in [0.29, 0.717) is 5.92 Å². The number of rotatable bonds is 4. The first-order chi connectivity index (χ1) is 6.63. The van der Waals surface area contributed by atoms with Gasteiger partial charge < -0.3 is 5.73 Å². The molecule has 0 unspecified atom stereocenters. The molecule has 0 radical (unpaired) electrons. The normalized spacial score (nSPS) is 13.2. The van der Waals surface area contributed by atoms with Crippen molar-refractivity contribution in [3.05, 3.63) is 35.4 Å². The molecule has 0 aromatic heterocycles. The third-order valence-corrected chi connectivity index (χ3v) is 2.55. The van der Waals surface area contributed by atoms with Crippen molar-refractivity contribution >= 4 is 0 Å². The van der Waals surface area contributed by atoms with Gasteiger partial charge in [-0.15, -0.1) is 0 Å². The third kappa shape index (κ3) is 3.15. The van der Waals surface area contributed by atoms with E-state index in [1.54, 1.807) is 0 Å². The average molecular weight is 191 g/mol. The van der Waals surface area contributed by atoms with Gasteiger partial charge in [0.25, 0.3) is 0 Å². The van der Waals surface area contributed by atoms with E-state index in [1.165, 1.54) is 11.1 Å². The van der Waals surface area contributed by atoms with Crippen LogP contribution in [0.25, 0.3) is 0 Å². The number of benzene rings is 1. The molecular weight excluding hydrogens is 170 g/mol. The Kier molecular flexibility index (Phi) is 4.15. The topological polar surface area (TPSA) is 26.0 Å². The first kappa shape index (κ1) is 11.3. The van der Waals surface area contributed by atoms with Crippen LogP contribution >= 0.6 is 0 Å². The SMILES string of the molecule is CC(C)Cc1ccc([C@H](C)CN)cc1. The zero-order valence-electron chi connectivity index (χ0n) is 9.46. The molecule has 1 nitrogen and oxygen atoms in total. The maximum absolute atomic E-state index is 5.62. The van der Waals surface area contributed by atoms with Gasteiger partial charge in [-0.05, 0) is 35.9 Å². The molecule has 0 spiro atoms. The van der Waals surface area contributed by atoms with Crippen molar-refractivity contribution in [2.45, 2.75) is 33.1 Å². The minimum atomic E-state index is 0.475. The van der Waals surface area contributed by atoms with Gasteiger partial charge in [0.1, 0.15) is 0 Å². The van der Waals surface area contributed by atoms with E-state index in [2.05, 4.69) is 45.0 Å². The highest BCUT2D eigenvalue weighted by molar-refractivity contribution is 5.25. The minimum absolute atomic E-state index is 0.475. The van der Waals surface area contributed by atoms with E-state index in [1.807, 2.05) is 0 Å². The van der Waals surface area contributed by atoms with Crippen molar-refractivity contribution in [2.24, 2.45) is 11.7 Å². The first-order valence-corrected chi connectivity index (χ1v) is 5.42. The van der Waals surface area contributed by atoms with Crippen molar-refractivity contribution in [3.8, 4) is 0 Å². The molecule has 0 aliphatic carbocycles. The summed E-state index contributed by atoms with van der Waals surface area (Å²) in [7, 11) is 0. The van der Waals surface area contributed by atoms with E-state index in [-0.39, 0.29) is 0 Å². The monoisotopic (exact) mass is 191 g/mol. The predicted molar refractivity (Wildman–Crippen MR) is 62.5 cm³/mol. The number of nitrogens with two attached hydrogens (primary N) is 1. The fraction of sp³-hybridized carbons (Fsp3) is 0.538. The summed E-state index contributed by atoms with van der Waals surface area (Å²) in [6, 6.07) is 8.85. The summed E-state index contributed by atoms with van der Waals surface area (Å²) in [4.78, 5) is 0. The molecule has 0 bridgehead atoms. The van der Waals surface area contributed by atoms with Gasteiger partial charge in [0.2, 0.25) is 0 Å². The summed E-state index contributed by atoms with van der Waals surface area (Å²) in [6.07, 6.45) is 1.16. The standard InChI is InChI=1S/C13H21N/c1-10(2)8-12-4-6-13(7-5-12)11(3)9-14/h4-7,10-11H,8-9,14H2,1-3H3/t11-/m1/s1. The number of hydrogen-bond acceptors (Lipinski definition) is 1. The summed E-state index contributed by atoms with van der Waals surface area (Å²) in [5.74, 6) is 1.20. The summed E-state index contributed by atoms with van der Waals surface area (Å²) >= 11 is 0. The molecule has 14 heavy (non-hydrogen) atoms. The lowest BCUT2D eigenvalue weighted by Crippen LogP contribution is -2.08. The quantitative estimate of drug-likeness (QED) is 0.778. The van der Waals surface area contributed by atoms with Crippen molar-refractivity contribution in [3.63, 3.8) is 0 Å². The Hall–Kier alpha value is -0.820. The Labute approximate surface area is 87.3 Å². The lowest BCUT2D eigenvalue weighted by molar-refractivity contribution is 0.646. The molecule has 2 N–H and O–H groups in total. The van der Waals surface area contributed by atoms with E-state index in [4.69, 9.17) is 5.73 Å². The lowest BCUT2D eigenvalue weighted by atomic mass is 9.97. The Bertz CT molecular complexity index is 261. The highest BCUT2D eigenvalue weighted by Crippen LogP contribution is 2.16. The van der Waals surface area contributed by atoms with Gasteiger partial charge in [0.15, 0.2) is 0 Å². The molecule has 1 aromatic rings. The number of hydrogen-bond donors (Lipinski definition) is 1. The van der Waals surface area contributed by atoms with Crippen molar-refractivity contribution < 1.29 is 0 Å².